The first-order valence-electron chi connectivity index (χ1n) is 0.655. The Labute approximate surface area is 51.2 Å². The summed E-state index contributed by atoms with van der Waals surface area (Å²) in [7, 11) is 0. The molecule has 0 aliphatic heterocycles. The van der Waals surface area contributed by atoms with Crippen molar-refractivity contribution in [2.75, 3.05) is 0 Å². The fourth-order valence-electron chi connectivity index (χ4n) is 0. The lowest BCUT2D eigenvalue weighted by molar-refractivity contribution is 4.07. The summed E-state index contributed by atoms with van der Waals surface area (Å²) in [6.45, 7) is -1.72. The molecule has 0 aromatic carbocycles. The number of hydrogen-bond acceptors (Lipinski definition) is 0. The molecule has 0 aliphatic rings. The topological polar surface area (TPSA) is 0 Å². The van der Waals surface area contributed by atoms with Gasteiger partial charge in [-0.3, -0.25) is 0 Å². The van der Waals surface area contributed by atoms with Gasteiger partial charge < -0.3 is 0 Å². The van der Waals surface area contributed by atoms with E-state index in [1.54, 1.807) is 0 Å². The van der Waals surface area contributed by atoms with E-state index in [2.05, 4.69) is 0 Å². The molecule has 0 aromatic heterocycles. The largest absolute Gasteiger partial charge is 0.326 e. The first-order valence-corrected chi connectivity index (χ1v) is 5.89. The zero-order chi connectivity index (χ0) is 3.58. The summed E-state index contributed by atoms with van der Waals surface area (Å²) < 4.78 is 0. The average molecular weight is 168 g/mol. The van der Waals surface area contributed by atoms with E-state index in [-0.39, 0.29) is 11.0 Å². The summed E-state index contributed by atoms with van der Waals surface area (Å²) in [6.07, 6.45) is 0. The van der Waals surface area contributed by atoms with E-state index in [9.17, 15) is 0 Å². The summed E-state index contributed by atoms with van der Waals surface area (Å²) in [5.41, 5.74) is 0. The molecule has 0 radical (unpaired) electrons. The van der Waals surface area contributed by atoms with Gasteiger partial charge in [-0.25, -0.2) is 0 Å². The van der Waals surface area contributed by atoms with Gasteiger partial charge in [0.2, 0.25) is 0 Å². The molecule has 0 amide bonds. The molecule has 0 saturated carbocycles. The van der Waals surface area contributed by atoms with Crippen LogP contribution in [-0.4, -0.2) is 17.7 Å². The summed E-state index contributed by atoms with van der Waals surface area (Å²) in [6, 6.07) is 0. The van der Waals surface area contributed by atoms with Gasteiger partial charge in [0.1, 0.15) is 0 Å². The Balaban J connectivity index is 0. The van der Waals surface area contributed by atoms with Crippen LogP contribution in [0.3, 0.4) is 0 Å². The fourth-order valence-corrected chi connectivity index (χ4v) is 0. The summed E-state index contributed by atoms with van der Waals surface area (Å²) in [5, 5.41) is 0. The maximum Gasteiger partial charge on any atom is 0.326 e. The van der Waals surface area contributed by atoms with E-state index >= 15 is 0 Å². The Morgan fingerprint density at radius 2 is 1.00 bits per heavy atom. The van der Waals surface area contributed by atoms with Crippen LogP contribution in [-0.2, 0) is 0 Å². The van der Waals surface area contributed by atoms with Crippen molar-refractivity contribution in [1.82, 2.24) is 0 Å². The molecule has 0 fully saturated rings. The molecule has 0 unspecified atom stereocenters. The summed E-state index contributed by atoms with van der Waals surface area (Å²) in [5.74, 6) is 0. The number of rotatable bonds is 0. The van der Waals surface area contributed by atoms with Crippen LogP contribution in [0.25, 0.3) is 0 Å². The summed E-state index contributed by atoms with van der Waals surface area (Å²) in [4.78, 5) is 0. The van der Waals surface area contributed by atoms with Crippen molar-refractivity contribution in [3.8, 4) is 0 Å². The molecule has 34 valence electrons. The van der Waals surface area contributed by atoms with Gasteiger partial charge in [-0.05, 0) is 11.0 Å². The van der Waals surface area contributed by atoms with Crippen molar-refractivity contribution in [2.45, 2.75) is 0 Å². The highest BCUT2D eigenvalue weighted by molar-refractivity contribution is 7.54. The maximum atomic E-state index is 4.94. The Morgan fingerprint density at radius 1 is 1.00 bits per heavy atom. The van der Waals surface area contributed by atoms with Crippen LogP contribution < -0.4 is 0 Å². The zero-order valence-electron chi connectivity index (χ0n) is 1.71. The molecule has 0 saturated heterocycles. The van der Waals surface area contributed by atoms with Gasteiger partial charge in [0.05, 0.1) is 0 Å². The molecule has 5 heteroatoms. The SMILES string of the molecule is Cl[SiH](Cl)Cl.[SiH4]. The van der Waals surface area contributed by atoms with Crippen molar-refractivity contribution in [3.63, 3.8) is 0 Å². The van der Waals surface area contributed by atoms with Crippen molar-refractivity contribution >= 4 is 50.9 Å². The molecule has 5 heavy (non-hydrogen) atoms. The van der Waals surface area contributed by atoms with E-state index in [4.69, 9.17) is 33.2 Å². The monoisotopic (exact) mass is 166 g/mol. The summed E-state index contributed by atoms with van der Waals surface area (Å²) >= 11 is 14.8. The van der Waals surface area contributed by atoms with Crippen LogP contribution in [0.5, 0.6) is 0 Å². The minimum atomic E-state index is -1.72. The highest BCUT2D eigenvalue weighted by Crippen LogP contribution is 1.97. The van der Waals surface area contributed by atoms with Gasteiger partial charge in [-0.15, -0.1) is 33.2 Å². The van der Waals surface area contributed by atoms with E-state index < -0.39 is 6.73 Å². The van der Waals surface area contributed by atoms with E-state index in [1.807, 2.05) is 0 Å². The van der Waals surface area contributed by atoms with Gasteiger partial charge in [-0.2, -0.15) is 0 Å². The molecule has 0 aromatic rings. The van der Waals surface area contributed by atoms with Crippen LogP contribution in [0.1, 0.15) is 0 Å². The normalized spacial score (nSPS) is 7.20. The van der Waals surface area contributed by atoms with Gasteiger partial charge in [0.15, 0.2) is 0 Å². The van der Waals surface area contributed by atoms with Crippen LogP contribution >= 0.6 is 33.2 Å². The Kier molecular flexibility index (Phi) is 10.2. The van der Waals surface area contributed by atoms with Gasteiger partial charge in [0, 0.05) is 0 Å². The average Bonchev–Trinajstić information content (AvgIpc) is 0.811. The number of hydrogen-bond donors (Lipinski definition) is 0. The Hall–Kier alpha value is 1.30. The van der Waals surface area contributed by atoms with Crippen molar-refractivity contribution in [3.05, 3.63) is 0 Å². The van der Waals surface area contributed by atoms with E-state index in [0.717, 1.165) is 0 Å². The Morgan fingerprint density at radius 3 is 1.00 bits per heavy atom. The lowest BCUT2D eigenvalue weighted by Gasteiger charge is -1.65. The molecular formula is H5Cl3Si2. The van der Waals surface area contributed by atoms with E-state index in [0.29, 0.717) is 0 Å². The molecule has 0 N–H and O–H groups in total. The minimum Gasteiger partial charge on any atom is -0.130 e. The third kappa shape index (κ3) is 34.1. The highest BCUT2D eigenvalue weighted by atomic mass is 35.8. The fraction of sp³-hybridized carbons (Fsp3) is 0. The van der Waals surface area contributed by atoms with Crippen LogP contribution in [0.2, 0.25) is 0 Å². The lowest BCUT2D eigenvalue weighted by atomic mass is 27.7. The predicted octanol–water partition coefficient (Wildman–Crippen LogP) is -0.0316. The quantitative estimate of drug-likeness (QED) is 0.351. The van der Waals surface area contributed by atoms with Gasteiger partial charge >= 0.3 is 6.73 Å². The maximum absolute atomic E-state index is 4.94. The third-order valence-electron chi connectivity index (χ3n) is 0. The third-order valence-corrected chi connectivity index (χ3v) is 0. The first kappa shape index (κ1) is 9.57. The zero-order valence-corrected chi connectivity index (χ0v) is 5.13. The molecular weight excluding hydrogens is 163 g/mol. The predicted molar refractivity (Wildman–Crippen MR) is 36.0 cm³/mol. The van der Waals surface area contributed by atoms with Crippen molar-refractivity contribution < 1.29 is 0 Å². The second-order valence-corrected chi connectivity index (χ2v) is 6.68. The standard InChI is InChI=1S/Cl3HSi.H4Si/c1-4(2)3;/h4H;1H4. The van der Waals surface area contributed by atoms with E-state index in [1.165, 1.54) is 0 Å². The molecule has 0 bridgehead atoms. The molecule has 0 heterocycles. The first-order chi connectivity index (χ1) is 1.73. The van der Waals surface area contributed by atoms with Gasteiger partial charge in [0.25, 0.3) is 0 Å². The van der Waals surface area contributed by atoms with Crippen molar-refractivity contribution in [2.24, 2.45) is 0 Å². The molecule has 0 rings (SSSR count). The van der Waals surface area contributed by atoms with Gasteiger partial charge in [-0.1, -0.05) is 0 Å². The lowest BCUT2D eigenvalue weighted by Crippen LogP contribution is -1.66. The molecule has 0 aliphatic carbocycles. The van der Waals surface area contributed by atoms with Crippen LogP contribution in [0.15, 0.2) is 0 Å². The highest BCUT2D eigenvalue weighted by Gasteiger charge is 1.85. The molecule has 0 spiro atoms. The molecule has 0 atom stereocenters. The van der Waals surface area contributed by atoms with Crippen LogP contribution in [0, 0.1) is 0 Å². The second kappa shape index (κ2) is 5.30. The smallest absolute Gasteiger partial charge is 0.130 e. The minimum absolute atomic E-state index is 0. The Bertz CT molecular complexity index is 9.61. The van der Waals surface area contributed by atoms with Crippen molar-refractivity contribution in [1.29, 1.82) is 0 Å². The number of halogens is 3. The second-order valence-electron chi connectivity index (χ2n) is 0.247. The van der Waals surface area contributed by atoms with Crippen LogP contribution in [0.4, 0.5) is 0 Å². The molecule has 0 nitrogen and oxygen atoms in total.